The first-order valence-corrected chi connectivity index (χ1v) is 17.3. The van der Waals surface area contributed by atoms with Gasteiger partial charge in [0.1, 0.15) is 6.04 Å². The van der Waals surface area contributed by atoms with Gasteiger partial charge in [-0.1, -0.05) is 56.3 Å². The largest absolute Gasteiger partial charge is 0.379 e. The number of hydrogen-bond donors (Lipinski definition) is 4. The van der Waals surface area contributed by atoms with Crippen molar-refractivity contribution in [1.82, 2.24) is 16.0 Å². The molecule has 4 N–H and O–H groups in total. The van der Waals surface area contributed by atoms with Crippen LogP contribution in [0.5, 0.6) is 0 Å². The first kappa shape index (κ1) is 35.0. The fourth-order valence-corrected chi connectivity index (χ4v) is 7.74. The fraction of sp³-hybridized carbons (Fsp3) is 0.656. The molecular formula is C32H50N3O7P. The van der Waals surface area contributed by atoms with Gasteiger partial charge in [-0.25, -0.2) is 0 Å². The lowest BCUT2D eigenvalue weighted by Gasteiger charge is -2.36. The van der Waals surface area contributed by atoms with Gasteiger partial charge in [0.05, 0.1) is 24.7 Å². The van der Waals surface area contributed by atoms with E-state index in [1.165, 1.54) is 0 Å². The maximum absolute atomic E-state index is 13.9. The molecule has 10 nitrogen and oxygen atoms in total. The second kappa shape index (κ2) is 16.5. The maximum Gasteiger partial charge on any atom is 0.360 e. The summed E-state index contributed by atoms with van der Waals surface area (Å²) >= 11 is 0. The minimum atomic E-state index is -4.09. The average Bonchev–Trinajstić information content (AvgIpc) is 3.32. The summed E-state index contributed by atoms with van der Waals surface area (Å²) in [4.78, 5) is 40.8. The van der Waals surface area contributed by atoms with Crippen LogP contribution in [-0.2, 0) is 34.4 Å². The van der Waals surface area contributed by atoms with Crippen molar-refractivity contribution in [1.29, 1.82) is 0 Å². The molecule has 3 rings (SSSR count). The van der Waals surface area contributed by atoms with E-state index in [0.717, 1.165) is 18.4 Å². The highest BCUT2D eigenvalue weighted by Gasteiger charge is 2.49. The molecule has 0 saturated carbocycles. The van der Waals surface area contributed by atoms with Crippen LogP contribution in [0.25, 0.3) is 0 Å². The average molecular weight is 620 g/mol. The Morgan fingerprint density at radius 2 is 1.72 bits per heavy atom. The standard InChI is InChI=1S/C32H50N3O7P/c1-5-41-43(40,42-6-2)30(38)27-22-32(18-19-33-31(32)39)17-13-8-7-12-16-25(21-24-14-10-9-11-15-24)28(36)34-26(20-23(3)4)29(37)35-27/h8-11,13-15,23,25-27,30,38H,5-7,12,16-22H2,1-4H3,(H,33,39)(H,34,36)(H,35,37)/t25?,26-,27-,30?,32?/m0/s1. The Labute approximate surface area is 256 Å². The van der Waals surface area contributed by atoms with E-state index in [-0.39, 0.29) is 43.3 Å². The third-order valence-electron chi connectivity index (χ3n) is 8.25. The van der Waals surface area contributed by atoms with Crippen molar-refractivity contribution < 1.29 is 33.1 Å². The van der Waals surface area contributed by atoms with Gasteiger partial charge in [0.15, 0.2) is 5.85 Å². The van der Waals surface area contributed by atoms with Crippen molar-refractivity contribution in [3.8, 4) is 0 Å². The van der Waals surface area contributed by atoms with Crippen LogP contribution in [-0.4, -0.2) is 60.5 Å². The summed E-state index contributed by atoms with van der Waals surface area (Å²) < 4.78 is 24.6. The Morgan fingerprint density at radius 3 is 2.33 bits per heavy atom. The topological polar surface area (TPSA) is 143 Å². The molecule has 0 aliphatic carbocycles. The minimum absolute atomic E-state index is 0.0260. The van der Waals surface area contributed by atoms with Crippen LogP contribution in [0.2, 0.25) is 0 Å². The zero-order valence-electron chi connectivity index (χ0n) is 26.1. The molecule has 2 heterocycles. The van der Waals surface area contributed by atoms with Crippen molar-refractivity contribution in [2.75, 3.05) is 19.8 Å². The summed E-state index contributed by atoms with van der Waals surface area (Å²) in [5.41, 5.74) is 0.117. The van der Waals surface area contributed by atoms with Gasteiger partial charge in [0.2, 0.25) is 17.7 Å². The quantitative estimate of drug-likeness (QED) is 0.224. The zero-order valence-corrected chi connectivity index (χ0v) is 26.9. The molecule has 1 fully saturated rings. The molecule has 0 radical (unpaired) electrons. The van der Waals surface area contributed by atoms with Gasteiger partial charge in [0.25, 0.3) is 0 Å². The van der Waals surface area contributed by atoms with Crippen LogP contribution in [0, 0.1) is 17.3 Å². The molecule has 1 spiro atoms. The first-order chi connectivity index (χ1) is 20.5. The van der Waals surface area contributed by atoms with Gasteiger partial charge in [-0.15, -0.1) is 0 Å². The van der Waals surface area contributed by atoms with Gasteiger partial charge >= 0.3 is 7.60 Å². The predicted octanol–water partition coefficient (Wildman–Crippen LogP) is 4.47. The number of carbonyl (C=O) groups is 3. The van der Waals surface area contributed by atoms with Crippen molar-refractivity contribution in [3.63, 3.8) is 0 Å². The predicted molar refractivity (Wildman–Crippen MR) is 166 cm³/mol. The molecule has 11 heteroatoms. The summed E-state index contributed by atoms with van der Waals surface area (Å²) in [5.74, 6) is -2.88. The van der Waals surface area contributed by atoms with Gasteiger partial charge in [-0.05, 0) is 76.7 Å². The normalized spacial score (nSPS) is 26.8. The lowest BCUT2D eigenvalue weighted by Crippen LogP contribution is -2.55. The lowest BCUT2D eigenvalue weighted by atomic mass is 9.77. The Hall–Kier alpha value is -2.52. The Bertz CT molecular complexity index is 1140. The second-order valence-corrected chi connectivity index (χ2v) is 14.2. The van der Waals surface area contributed by atoms with Crippen molar-refractivity contribution >= 4 is 25.3 Å². The summed E-state index contributed by atoms with van der Waals surface area (Å²) in [6.07, 6.45) is 7.96. The van der Waals surface area contributed by atoms with E-state index in [1.807, 2.05) is 56.3 Å². The second-order valence-electron chi connectivity index (χ2n) is 12.1. The number of allylic oxidation sites excluding steroid dienone is 2. The molecular weight excluding hydrogens is 569 g/mol. The van der Waals surface area contributed by atoms with Gasteiger partial charge < -0.3 is 30.1 Å². The number of rotatable bonds is 10. The highest BCUT2D eigenvalue weighted by Crippen LogP contribution is 2.54. The van der Waals surface area contributed by atoms with E-state index in [2.05, 4.69) is 16.0 Å². The zero-order chi connectivity index (χ0) is 31.5. The van der Waals surface area contributed by atoms with Crippen LogP contribution >= 0.6 is 7.60 Å². The Balaban J connectivity index is 2.01. The van der Waals surface area contributed by atoms with Gasteiger partial charge in [-0.3, -0.25) is 18.9 Å². The van der Waals surface area contributed by atoms with E-state index < -0.39 is 36.8 Å². The van der Waals surface area contributed by atoms with Crippen LogP contribution in [0.4, 0.5) is 0 Å². The molecule has 3 unspecified atom stereocenters. The van der Waals surface area contributed by atoms with E-state index in [0.29, 0.717) is 38.6 Å². The van der Waals surface area contributed by atoms with Crippen molar-refractivity contribution in [2.24, 2.45) is 17.3 Å². The van der Waals surface area contributed by atoms with E-state index in [4.69, 9.17) is 9.05 Å². The van der Waals surface area contributed by atoms with Gasteiger partial charge in [-0.2, -0.15) is 0 Å². The van der Waals surface area contributed by atoms with Crippen molar-refractivity contribution in [2.45, 2.75) is 97.0 Å². The van der Waals surface area contributed by atoms with Crippen LogP contribution < -0.4 is 16.0 Å². The van der Waals surface area contributed by atoms with Crippen molar-refractivity contribution in [3.05, 3.63) is 48.0 Å². The molecule has 5 atom stereocenters. The fourth-order valence-electron chi connectivity index (χ4n) is 6.02. The van der Waals surface area contributed by atoms with Crippen LogP contribution in [0.15, 0.2) is 42.5 Å². The Kier molecular flexibility index (Phi) is 13.4. The summed E-state index contributed by atoms with van der Waals surface area (Å²) in [6, 6.07) is 7.79. The molecule has 0 bridgehead atoms. The van der Waals surface area contributed by atoms with E-state index in [1.54, 1.807) is 13.8 Å². The highest BCUT2D eigenvalue weighted by molar-refractivity contribution is 7.54. The molecule has 1 aromatic rings. The third-order valence-corrected chi connectivity index (χ3v) is 10.5. The molecule has 2 aliphatic rings. The molecule has 1 saturated heterocycles. The monoisotopic (exact) mass is 619 g/mol. The molecule has 240 valence electrons. The minimum Gasteiger partial charge on any atom is -0.379 e. The smallest absolute Gasteiger partial charge is 0.360 e. The Morgan fingerprint density at radius 1 is 1.02 bits per heavy atom. The highest BCUT2D eigenvalue weighted by atomic mass is 31.2. The first-order valence-electron chi connectivity index (χ1n) is 15.7. The summed E-state index contributed by atoms with van der Waals surface area (Å²) in [7, 11) is -4.09. The molecule has 1 aromatic carbocycles. The third kappa shape index (κ3) is 9.73. The number of aliphatic hydroxyl groups excluding tert-OH is 1. The SMILES string of the molecule is CCOP(=O)(OCC)C(O)[C@@H]1CC2(CC=CCCCC(Cc3ccccc3)C(=O)N[C@@H](CC(C)C)C(=O)N1)CCNC2=O. The molecule has 2 aliphatic heterocycles. The van der Waals surface area contributed by atoms with Gasteiger partial charge in [0, 0.05) is 12.5 Å². The maximum atomic E-state index is 13.9. The summed E-state index contributed by atoms with van der Waals surface area (Å²) in [6.45, 7) is 7.73. The van der Waals surface area contributed by atoms with Crippen LogP contribution in [0.1, 0.15) is 78.2 Å². The molecule has 43 heavy (non-hydrogen) atoms. The summed E-state index contributed by atoms with van der Waals surface area (Å²) in [5, 5.41) is 20.3. The molecule has 3 amide bonds. The number of nitrogens with one attached hydrogen (secondary N) is 3. The van der Waals surface area contributed by atoms with E-state index >= 15 is 0 Å². The number of amides is 3. The molecule has 0 aromatic heterocycles. The lowest BCUT2D eigenvalue weighted by molar-refractivity contribution is -0.133. The number of hydrogen-bond acceptors (Lipinski definition) is 7. The number of carbonyl (C=O) groups excluding carboxylic acids is 3. The number of benzene rings is 1. The van der Waals surface area contributed by atoms with E-state index in [9.17, 15) is 24.1 Å². The number of aliphatic hydroxyl groups is 1. The van der Waals surface area contributed by atoms with Crippen LogP contribution in [0.3, 0.4) is 0 Å².